The molecule has 4 aromatic rings. The van der Waals surface area contributed by atoms with Crippen LogP contribution in [-0.2, 0) is 27.2 Å². The summed E-state index contributed by atoms with van der Waals surface area (Å²) in [5.41, 5.74) is 2.43. The first kappa shape index (κ1) is 25.5. The molecule has 0 aliphatic carbocycles. The normalized spacial score (nSPS) is 10.9. The first-order valence-corrected chi connectivity index (χ1v) is 11.6. The zero-order valence-electron chi connectivity index (χ0n) is 20.8. The van der Waals surface area contributed by atoms with E-state index in [0.717, 1.165) is 17.4 Å². The Kier molecular flexibility index (Phi) is 7.57. The number of ether oxygens (including phenoxy) is 2. The minimum absolute atomic E-state index is 0.0192. The monoisotopic (exact) mass is 505 g/mol. The summed E-state index contributed by atoms with van der Waals surface area (Å²) in [6.45, 7) is 2.21. The topological polar surface area (TPSA) is 129 Å². The highest BCUT2D eigenvalue weighted by Gasteiger charge is 2.17. The first-order valence-electron chi connectivity index (χ1n) is 11.6. The fraction of sp³-hybridized carbons (Fsp3) is 0.259. The number of nitrogens with one attached hydrogen (secondary N) is 2. The Hall–Kier alpha value is -4.60. The molecule has 192 valence electrons. The molecule has 4 rings (SSSR count). The van der Waals surface area contributed by atoms with Crippen molar-refractivity contribution in [2.75, 3.05) is 27.3 Å². The number of nitrogens with zero attached hydrogens (tertiary/aromatic N) is 1. The van der Waals surface area contributed by atoms with E-state index in [9.17, 15) is 19.2 Å². The third kappa shape index (κ3) is 5.48. The van der Waals surface area contributed by atoms with Gasteiger partial charge in [0.25, 0.3) is 0 Å². The van der Waals surface area contributed by atoms with Gasteiger partial charge in [0.2, 0.25) is 18.2 Å². The van der Waals surface area contributed by atoms with Crippen molar-refractivity contribution in [2.45, 2.75) is 19.8 Å². The number of carbonyl (C=O) groups excluding carboxylic acids is 3. The van der Waals surface area contributed by atoms with Crippen LogP contribution in [0.5, 0.6) is 11.5 Å². The van der Waals surface area contributed by atoms with Crippen LogP contribution in [0.2, 0.25) is 0 Å². The first-order chi connectivity index (χ1) is 17.8. The Morgan fingerprint density at radius 2 is 1.57 bits per heavy atom. The lowest BCUT2D eigenvalue weighted by Crippen LogP contribution is -2.36. The van der Waals surface area contributed by atoms with Crippen LogP contribution in [0.25, 0.3) is 21.9 Å². The molecule has 0 bridgehead atoms. The molecule has 0 aliphatic rings. The van der Waals surface area contributed by atoms with Gasteiger partial charge in [0.1, 0.15) is 17.1 Å². The van der Waals surface area contributed by atoms with Crippen LogP contribution in [0.1, 0.15) is 16.8 Å². The van der Waals surface area contributed by atoms with Gasteiger partial charge in [-0.05, 0) is 48.4 Å². The number of carbonyl (C=O) groups is 3. The smallest absolute Gasteiger partial charge is 0.336 e. The average Bonchev–Trinajstić information content (AvgIpc) is 3.15. The summed E-state index contributed by atoms with van der Waals surface area (Å²) in [5, 5.41) is 6.95. The van der Waals surface area contributed by atoms with E-state index in [1.54, 1.807) is 50.4 Å². The van der Waals surface area contributed by atoms with E-state index in [4.69, 9.17) is 13.9 Å². The molecular formula is C27H27N3O7. The molecule has 0 unspecified atom stereocenters. The lowest BCUT2D eigenvalue weighted by atomic mass is 10.1. The highest BCUT2D eigenvalue weighted by molar-refractivity contribution is 5.94. The molecule has 2 aromatic carbocycles. The summed E-state index contributed by atoms with van der Waals surface area (Å²) in [4.78, 5) is 48.6. The number of hydrogen-bond donors (Lipinski definition) is 2. The van der Waals surface area contributed by atoms with E-state index in [-0.39, 0.29) is 37.7 Å². The molecule has 0 aliphatic heterocycles. The van der Waals surface area contributed by atoms with Gasteiger partial charge in [0.15, 0.2) is 0 Å². The maximum atomic E-state index is 12.6. The molecule has 2 amide bonds. The lowest BCUT2D eigenvalue weighted by molar-refractivity contribution is -0.122. The van der Waals surface area contributed by atoms with Gasteiger partial charge in [0, 0.05) is 41.7 Å². The van der Waals surface area contributed by atoms with E-state index in [1.807, 2.05) is 0 Å². The molecule has 0 saturated heterocycles. The van der Waals surface area contributed by atoms with Gasteiger partial charge in [-0.15, -0.1) is 0 Å². The van der Waals surface area contributed by atoms with Crippen molar-refractivity contribution in [3.63, 3.8) is 0 Å². The number of benzene rings is 2. The predicted octanol–water partition coefficient (Wildman–Crippen LogP) is 2.13. The molecule has 0 atom stereocenters. The van der Waals surface area contributed by atoms with E-state index < -0.39 is 5.63 Å². The minimum Gasteiger partial charge on any atom is -0.497 e. The molecule has 0 spiro atoms. The molecule has 2 aromatic heterocycles. The molecule has 10 nitrogen and oxygen atoms in total. The Bertz CT molecular complexity index is 1550. The number of methoxy groups -OCH3 is 2. The number of aromatic nitrogens is 1. The van der Waals surface area contributed by atoms with Gasteiger partial charge >= 0.3 is 5.63 Å². The number of fused-ring (bicyclic) bond motifs is 2. The molecule has 0 radical (unpaired) electrons. The average molecular weight is 506 g/mol. The van der Waals surface area contributed by atoms with Crippen molar-refractivity contribution in [2.24, 2.45) is 0 Å². The maximum absolute atomic E-state index is 12.6. The zero-order chi connectivity index (χ0) is 26.5. The van der Waals surface area contributed by atoms with Crippen LogP contribution < -0.4 is 25.7 Å². The Balaban J connectivity index is 1.34. The highest BCUT2D eigenvalue weighted by Crippen LogP contribution is 2.29. The summed E-state index contributed by atoms with van der Waals surface area (Å²) in [6, 6.07) is 11.7. The second-order valence-electron chi connectivity index (χ2n) is 8.43. The van der Waals surface area contributed by atoms with Crippen LogP contribution in [0.3, 0.4) is 0 Å². The Labute approximate surface area is 212 Å². The number of amides is 2. The van der Waals surface area contributed by atoms with Crippen molar-refractivity contribution in [1.82, 2.24) is 15.2 Å². The molecule has 10 heteroatoms. The number of hydrogen-bond acceptors (Lipinski definition) is 7. The summed E-state index contributed by atoms with van der Waals surface area (Å²) in [7, 11) is 3.06. The van der Waals surface area contributed by atoms with E-state index >= 15 is 0 Å². The maximum Gasteiger partial charge on any atom is 0.336 e. The van der Waals surface area contributed by atoms with Gasteiger partial charge in [-0.25, -0.2) is 4.79 Å². The lowest BCUT2D eigenvalue weighted by Gasteiger charge is -2.09. The van der Waals surface area contributed by atoms with Crippen molar-refractivity contribution in [3.8, 4) is 11.5 Å². The number of rotatable bonds is 10. The van der Waals surface area contributed by atoms with Gasteiger partial charge in [-0.2, -0.15) is 0 Å². The van der Waals surface area contributed by atoms with E-state index in [0.29, 0.717) is 39.2 Å². The van der Waals surface area contributed by atoms with Crippen molar-refractivity contribution >= 4 is 40.1 Å². The summed E-state index contributed by atoms with van der Waals surface area (Å²) < 4.78 is 17.2. The summed E-state index contributed by atoms with van der Waals surface area (Å²) >= 11 is 0. The van der Waals surface area contributed by atoms with Crippen LogP contribution in [0.4, 0.5) is 0 Å². The fourth-order valence-electron chi connectivity index (χ4n) is 4.32. The van der Waals surface area contributed by atoms with E-state index in [2.05, 4.69) is 10.6 Å². The van der Waals surface area contributed by atoms with Gasteiger partial charge in [0.05, 0.1) is 32.6 Å². The van der Waals surface area contributed by atoms with Gasteiger partial charge in [-0.1, -0.05) is 0 Å². The molecule has 0 saturated carbocycles. The van der Waals surface area contributed by atoms with Crippen molar-refractivity contribution < 1.29 is 28.3 Å². The second-order valence-corrected chi connectivity index (χ2v) is 8.43. The fourth-order valence-corrected chi connectivity index (χ4v) is 4.32. The Morgan fingerprint density at radius 1 is 0.919 bits per heavy atom. The standard InChI is InChI=1S/C27H27N3O7/c1-16-21(22-12-18(35-2)5-7-23(22)30(16)15-31)14-26(33)29-9-8-28-25(32)10-17-11-27(34)37-24-13-19(36-3)4-6-20(17)24/h4-7,11-13,15H,8-10,14H2,1-3H3,(H,28,32)(H,29,33). The SMILES string of the molecule is COc1ccc2c(CC(=O)NCCNC(=O)Cc3c(C)n(C=O)c4ccc(OC)cc34)cc(=O)oc2c1. The molecule has 2 heterocycles. The van der Waals surface area contributed by atoms with Crippen LogP contribution in [0.15, 0.2) is 51.7 Å². The zero-order valence-corrected chi connectivity index (χ0v) is 20.8. The molecule has 2 N–H and O–H groups in total. The largest absolute Gasteiger partial charge is 0.497 e. The second kappa shape index (κ2) is 11.0. The Morgan fingerprint density at radius 3 is 2.24 bits per heavy atom. The summed E-state index contributed by atoms with van der Waals surface area (Å²) in [6.07, 6.45) is 0.769. The van der Waals surface area contributed by atoms with Crippen molar-refractivity contribution in [1.29, 1.82) is 0 Å². The minimum atomic E-state index is -0.556. The molecular weight excluding hydrogens is 478 g/mol. The van der Waals surface area contributed by atoms with Gasteiger partial charge in [-0.3, -0.25) is 19.0 Å². The third-order valence-electron chi connectivity index (χ3n) is 6.19. The van der Waals surface area contributed by atoms with Crippen molar-refractivity contribution in [3.05, 3.63) is 69.7 Å². The van der Waals surface area contributed by atoms with Crippen LogP contribution in [-0.4, -0.2) is 50.1 Å². The predicted molar refractivity (Wildman–Crippen MR) is 138 cm³/mol. The van der Waals surface area contributed by atoms with Crippen LogP contribution in [0, 0.1) is 6.92 Å². The van der Waals surface area contributed by atoms with Crippen LogP contribution >= 0.6 is 0 Å². The summed E-state index contributed by atoms with van der Waals surface area (Å²) in [5.74, 6) is 0.626. The molecule has 0 fully saturated rings. The third-order valence-corrected chi connectivity index (χ3v) is 6.19. The van der Waals surface area contributed by atoms with E-state index in [1.165, 1.54) is 17.7 Å². The molecule has 37 heavy (non-hydrogen) atoms. The highest BCUT2D eigenvalue weighted by atomic mass is 16.5. The van der Waals surface area contributed by atoms with Gasteiger partial charge < -0.3 is 24.5 Å². The quantitative estimate of drug-likeness (QED) is 0.192.